The Labute approximate surface area is 123 Å². The second-order valence-corrected chi connectivity index (χ2v) is 5.30. The molecule has 0 saturated carbocycles. The summed E-state index contributed by atoms with van der Waals surface area (Å²) in [7, 11) is 1.99. The zero-order valence-corrected chi connectivity index (χ0v) is 12.1. The van der Waals surface area contributed by atoms with Crippen LogP contribution in [-0.4, -0.2) is 59.9 Å². The Hall–Kier alpha value is -1.99. The number of carbonyl (C=O) groups is 1. The van der Waals surface area contributed by atoms with E-state index in [1.54, 1.807) is 23.1 Å². The van der Waals surface area contributed by atoms with E-state index in [4.69, 9.17) is 5.73 Å². The van der Waals surface area contributed by atoms with Crippen LogP contribution in [0.3, 0.4) is 0 Å². The molecule has 1 aromatic rings. The lowest BCUT2D eigenvalue weighted by molar-refractivity contribution is -0.385. The van der Waals surface area contributed by atoms with Gasteiger partial charge in [-0.15, -0.1) is 0 Å². The second kappa shape index (κ2) is 6.64. The Kier molecular flexibility index (Phi) is 4.87. The van der Waals surface area contributed by atoms with Crippen LogP contribution in [0.25, 0.3) is 0 Å². The monoisotopic (exact) mass is 292 g/mol. The van der Waals surface area contributed by atoms with Gasteiger partial charge >= 0.3 is 0 Å². The van der Waals surface area contributed by atoms with E-state index in [1.807, 2.05) is 7.05 Å². The molecule has 1 atom stereocenters. The molecule has 2 N–H and O–H groups in total. The van der Waals surface area contributed by atoms with Crippen molar-refractivity contribution in [3.8, 4) is 0 Å². The fourth-order valence-corrected chi connectivity index (χ4v) is 2.64. The van der Waals surface area contributed by atoms with Crippen molar-refractivity contribution in [2.45, 2.75) is 12.5 Å². The molecule has 0 bridgehead atoms. The number of amides is 1. The van der Waals surface area contributed by atoms with Crippen molar-refractivity contribution in [1.29, 1.82) is 0 Å². The molecule has 1 unspecified atom stereocenters. The molecule has 1 amide bonds. The van der Waals surface area contributed by atoms with Gasteiger partial charge in [0.25, 0.3) is 5.69 Å². The van der Waals surface area contributed by atoms with Crippen LogP contribution < -0.4 is 5.73 Å². The van der Waals surface area contributed by atoms with E-state index in [1.165, 1.54) is 6.07 Å². The van der Waals surface area contributed by atoms with Crippen LogP contribution >= 0.6 is 0 Å². The third-order valence-corrected chi connectivity index (χ3v) is 3.81. The summed E-state index contributed by atoms with van der Waals surface area (Å²) < 4.78 is 0. The minimum absolute atomic E-state index is 0.00993. The van der Waals surface area contributed by atoms with Crippen LogP contribution in [0.1, 0.15) is 5.56 Å². The molecule has 1 saturated heterocycles. The van der Waals surface area contributed by atoms with Gasteiger partial charge in [-0.3, -0.25) is 14.9 Å². The predicted molar refractivity (Wildman–Crippen MR) is 78.9 cm³/mol. The number of nitro benzene ring substituents is 1. The number of carbonyl (C=O) groups excluding carboxylic acids is 1. The highest BCUT2D eigenvalue weighted by Crippen LogP contribution is 2.20. The molecule has 7 heteroatoms. The summed E-state index contributed by atoms with van der Waals surface area (Å²) in [5, 5.41) is 11.0. The molecular weight excluding hydrogens is 272 g/mol. The quantitative estimate of drug-likeness (QED) is 0.634. The van der Waals surface area contributed by atoms with E-state index >= 15 is 0 Å². The van der Waals surface area contributed by atoms with E-state index < -0.39 is 4.92 Å². The molecule has 1 heterocycles. The van der Waals surface area contributed by atoms with Crippen molar-refractivity contribution >= 4 is 11.6 Å². The van der Waals surface area contributed by atoms with Gasteiger partial charge in [-0.2, -0.15) is 0 Å². The number of benzene rings is 1. The molecule has 0 spiro atoms. The largest absolute Gasteiger partial charge is 0.336 e. The highest BCUT2D eigenvalue weighted by atomic mass is 16.6. The molecule has 0 radical (unpaired) electrons. The van der Waals surface area contributed by atoms with Crippen molar-refractivity contribution in [3.63, 3.8) is 0 Å². The molecule has 114 valence electrons. The van der Waals surface area contributed by atoms with E-state index in [0.717, 1.165) is 13.1 Å². The third-order valence-electron chi connectivity index (χ3n) is 3.81. The van der Waals surface area contributed by atoms with Crippen LogP contribution in [0, 0.1) is 10.1 Å². The zero-order valence-electron chi connectivity index (χ0n) is 12.1. The van der Waals surface area contributed by atoms with Crippen molar-refractivity contribution in [2.24, 2.45) is 5.73 Å². The molecule has 7 nitrogen and oxygen atoms in total. The van der Waals surface area contributed by atoms with E-state index in [2.05, 4.69) is 4.90 Å². The highest BCUT2D eigenvalue weighted by Gasteiger charge is 2.29. The summed E-state index contributed by atoms with van der Waals surface area (Å²) in [6.07, 6.45) is 0.0391. The number of hydrogen-bond donors (Lipinski definition) is 1. The molecule has 0 aliphatic carbocycles. The van der Waals surface area contributed by atoms with Crippen molar-refractivity contribution in [1.82, 2.24) is 9.80 Å². The number of piperazine rings is 1. The number of para-hydroxylation sites is 1. The second-order valence-electron chi connectivity index (χ2n) is 5.30. The lowest BCUT2D eigenvalue weighted by atomic mass is 10.1. The maximum Gasteiger partial charge on any atom is 0.273 e. The Morgan fingerprint density at radius 2 is 2.14 bits per heavy atom. The van der Waals surface area contributed by atoms with E-state index in [-0.39, 0.29) is 24.1 Å². The number of likely N-dealkylation sites (N-methyl/N-ethyl adjacent to an activating group) is 1. The first-order chi connectivity index (χ1) is 10.0. The average molecular weight is 292 g/mol. The number of nitrogens with two attached hydrogens (primary N) is 1. The fourth-order valence-electron chi connectivity index (χ4n) is 2.64. The SMILES string of the molecule is CN1CCN(C(=O)Cc2ccccc2[N+](=O)[O-])C(CN)C1. The number of nitrogens with zero attached hydrogens (tertiary/aromatic N) is 3. The van der Waals surface area contributed by atoms with E-state index in [0.29, 0.717) is 18.7 Å². The van der Waals surface area contributed by atoms with Crippen LogP contribution in [0.4, 0.5) is 5.69 Å². The Bertz CT molecular complexity index is 535. The number of rotatable bonds is 4. The topological polar surface area (TPSA) is 92.7 Å². The number of nitro groups is 1. The third kappa shape index (κ3) is 3.56. The van der Waals surface area contributed by atoms with Crippen LogP contribution in [0.2, 0.25) is 0 Å². The lowest BCUT2D eigenvalue weighted by Gasteiger charge is -2.39. The maximum absolute atomic E-state index is 12.4. The van der Waals surface area contributed by atoms with Crippen LogP contribution in [0.5, 0.6) is 0 Å². The maximum atomic E-state index is 12.4. The summed E-state index contributed by atoms with van der Waals surface area (Å²) >= 11 is 0. The van der Waals surface area contributed by atoms with Crippen LogP contribution in [0.15, 0.2) is 24.3 Å². The summed E-state index contributed by atoms with van der Waals surface area (Å²) in [4.78, 5) is 26.9. The summed E-state index contributed by atoms with van der Waals surface area (Å²) in [5.74, 6) is -0.104. The smallest absolute Gasteiger partial charge is 0.273 e. The molecule has 1 aliphatic rings. The Balaban J connectivity index is 2.12. The first kappa shape index (κ1) is 15.4. The molecule has 21 heavy (non-hydrogen) atoms. The first-order valence-corrected chi connectivity index (χ1v) is 6.93. The molecule has 1 fully saturated rings. The van der Waals surface area contributed by atoms with Gasteiger partial charge in [-0.25, -0.2) is 0 Å². The van der Waals surface area contributed by atoms with Gasteiger partial charge in [0.2, 0.25) is 5.91 Å². The van der Waals surface area contributed by atoms with Gasteiger partial charge in [0.1, 0.15) is 0 Å². The number of hydrogen-bond acceptors (Lipinski definition) is 5. The van der Waals surface area contributed by atoms with Gasteiger partial charge in [0, 0.05) is 37.8 Å². The van der Waals surface area contributed by atoms with Crippen molar-refractivity contribution in [2.75, 3.05) is 33.2 Å². The van der Waals surface area contributed by atoms with Crippen LogP contribution in [-0.2, 0) is 11.2 Å². The normalized spacial score (nSPS) is 19.5. The lowest BCUT2D eigenvalue weighted by Crippen LogP contribution is -2.57. The summed E-state index contributed by atoms with van der Waals surface area (Å²) in [6, 6.07) is 6.33. The van der Waals surface area contributed by atoms with Crippen molar-refractivity contribution < 1.29 is 9.72 Å². The fraction of sp³-hybridized carbons (Fsp3) is 0.500. The first-order valence-electron chi connectivity index (χ1n) is 6.93. The van der Waals surface area contributed by atoms with Gasteiger partial charge in [-0.1, -0.05) is 18.2 Å². The minimum Gasteiger partial charge on any atom is -0.336 e. The zero-order chi connectivity index (χ0) is 15.4. The van der Waals surface area contributed by atoms with Crippen molar-refractivity contribution in [3.05, 3.63) is 39.9 Å². The Morgan fingerprint density at radius 3 is 2.81 bits per heavy atom. The van der Waals surface area contributed by atoms with Gasteiger partial charge in [0.15, 0.2) is 0 Å². The van der Waals surface area contributed by atoms with Gasteiger partial charge < -0.3 is 15.5 Å². The average Bonchev–Trinajstić information content (AvgIpc) is 2.47. The minimum atomic E-state index is -0.451. The standard InChI is InChI=1S/C14H20N4O3/c1-16-6-7-17(12(9-15)10-16)14(19)8-11-4-2-3-5-13(11)18(20)21/h2-5,12H,6-10,15H2,1H3. The van der Waals surface area contributed by atoms with Gasteiger partial charge in [-0.05, 0) is 7.05 Å². The summed E-state index contributed by atoms with van der Waals surface area (Å²) in [5.41, 5.74) is 6.17. The predicted octanol–water partition coefficient (Wildman–Crippen LogP) is 0.239. The Morgan fingerprint density at radius 1 is 1.43 bits per heavy atom. The highest BCUT2D eigenvalue weighted by molar-refractivity contribution is 5.80. The molecule has 1 aromatic carbocycles. The van der Waals surface area contributed by atoms with Gasteiger partial charge in [0.05, 0.1) is 17.4 Å². The molecule has 2 rings (SSSR count). The molecule has 1 aliphatic heterocycles. The molecule has 0 aromatic heterocycles. The molecular formula is C14H20N4O3. The van der Waals surface area contributed by atoms with E-state index in [9.17, 15) is 14.9 Å². The summed E-state index contributed by atoms with van der Waals surface area (Å²) in [6.45, 7) is 2.53.